The van der Waals surface area contributed by atoms with Crippen molar-refractivity contribution in [3.05, 3.63) is 51.1 Å². The van der Waals surface area contributed by atoms with Crippen LogP contribution in [0, 0.1) is 0 Å². The number of hydrogen-bond donors (Lipinski definition) is 0. The van der Waals surface area contributed by atoms with E-state index in [-0.39, 0.29) is 0 Å². The van der Waals surface area contributed by atoms with Crippen molar-refractivity contribution >= 4 is 134 Å². The van der Waals surface area contributed by atoms with E-state index in [1.54, 1.807) is 24.3 Å². The van der Waals surface area contributed by atoms with Crippen molar-refractivity contribution in [1.29, 1.82) is 0 Å². The van der Waals surface area contributed by atoms with Gasteiger partial charge in [-0.3, -0.25) is 0 Å². The van der Waals surface area contributed by atoms with Gasteiger partial charge >= 0.3 is 206 Å². The molecule has 0 fully saturated rings. The Hall–Kier alpha value is 2.22. The summed E-state index contributed by atoms with van der Waals surface area (Å²) in [6.45, 7) is 0. The molecule has 0 spiro atoms. The van der Waals surface area contributed by atoms with E-state index in [0.717, 1.165) is 8.95 Å². The van der Waals surface area contributed by atoms with Crippen LogP contribution in [0.15, 0.2) is 51.1 Å². The van der Waals surface area contributed by atoms with Crippen molar-refractivity contribution < 1.29 is 9.05 Å². The summed E-state index contributed by atoms with van der Waals surface area (Å²) < 4.78 is 15.4. The molecule has 0 unspecified atom stereocenters. The van der Waals surface area contributed by atoms with Crippen LogP contribution in [-0.2, 0) is 0 Å². The van der Waals surface area contributed by atoms with E-state index in [0.29, 0.717) is 29.4 Å². The Morgan fingerprint density at radius 1 is 0.583 bits per heavy atom. The van der Waals surface area contributed by atoms with Crippen molar-refractivity contribution in [2.45, 2.75) is 0 Å². The Kier molecular flexibility index (Phi) is 7.78. The predicted octanol–water partition coefficient (Wildman–Crippen LogP) is 10.6. The van der Waals surface area contributed by atoms with Crippen LogP contribution in [0.1, 0.15) is 0 Å². The molecule has 0 aliphatic heterocycles. The molecule has 0 amide bonds. The standard InChI is InChI=1S/C12H4Br6Cl3O2P/c13-5-1-7(15)11(8(16)2-5)22-24(19,20,21)23-12-9(17)3-6(14)4-10(12)18/h1-4H. The molecule has 0 saturated carbocycles. The molecule has 132 valence electrons. The van der Waals surface area contributed by atoms with E-state index in [1.165, 1.54) is 0 Å². The Morgan fingerprint density at radius 3 is 1.08 bits per heavy atom. The van der Waals surface area contributed by atoms with Gasteiger partial charge in [0.1, 0.15) is 0 Å². The van der Waals surface area contributed by atoms with Crippen LogP contribution >= 0.6 is 134 Å². The fourth-order valence-corrected chi connectivity index (χ4v) is 9.11. The van der Waals surface area contributed by atoms with Gasteiger partial charge in [-0.05, 0) is 0 Å². The number of benzene rings is 2. The van der Waals surface area contributed by atoms with E-state index < -0.39 is 5.12 Å². The van der Waals surface area contributed by atoms with Gasteiger partial charge in [-0.2, -0.15) is 0 Å². The second-order valence-electron chi connectivity index (χ2n) is 4.26. The van der Waals surface area contributed by atoms with Gasteiger partial charge in [-0.1, -0.05) is 0 Å². The van der Waals surface area contributed by atoms with Crippen LogP contribution in [0.5, 0.6) is 11.5 Å². The summed E-state index contributed by atoms with van der Waals surface area (Å²) in [6.07, 6.45) is 0. The molecule has 2 aromatic rings. The van der Waals surface area contributed by atoms with Gasteiger partial charge in [-0.25, -0.2) is 0 Å². The molecule has 0 saturated heterocycles. The third kappa shape index (κ3) is 6.11. The van der Waals surface area contributed by atoms with Gasteiger partial charge in [0, 0.05) is 0 Å². The fourth-order valence-electron chi connectivity index (χ4n) is 1.53. The first-order valence-electron chi connectivity index (χ1n) is 5.72. The fraction of sp³-hybridized carbons (Fsp3) is 0. The Morgan fingerprint density at radius 2 is 0.833 bits per heavy atom. The zero-order chi connectivity index (χ0) is 18.3. The molecule has 12 heteroatoms. The topological polar surface area (TPSA) is 18.5 Å². The van der Waals surface area contributed by atoms with Crippen LogP contribution in [0.25, 0.3) is 0 Å². The van der Waals surface area contributed by atoms with Gasteiger partial charge in [0.05, 0.1) is 0 Å². The number of rotatable bonds is 4. The maximum atomic E-state index is 6.34. The molecule has 0 atom stereocenters. The molecular formula is C12H4Br6Cl3O2P. The predicted molar refractivity (Wildman–Crippen MR) is 125 cm³/mol. The molecule has 2 aromatic carbocycles. The first-order chi connectivity index (χ1) is 10.9. The van der Waals surface area contributed by atoms with Gasteiger partial charge in [0.2, 0.25) is 0 Å². The summed E-state index contributed by atoms with van der Waals surface area (Å²) in [5.74, 6) is 0.639. The van der Waals surface area contributed by atoms with Crippen LogP contribution < -0.4 is 9.05 Å². The van der Waals surface area contributed by atoms with Gasteiger partial charge in [-0.15, -0.1) is 0 Å². The van der Waals surface area contributed by atoms with E-state index >= 15 is 0 Å². The second-order valence-corrected chi connectivity index (χ2v) is 18.3. The molecule has 24 heavy (non-hydrogen) atoms. The molecule has 0 N–H and O–H groups in total. The second kappa shape index (κ2) is 8.30. The normalized spacial score (nSPS) is 13.3. The Labute approximate surface area is 203 Å². The minimum absolute atomic E-state index is 0.320. The summed E-state index contributed by atoms with van der Waals surface area (Å²) in [5.41, 5.74) is 0. The first-order valence-corrected chi connectivity index (χ1v) is 15.3. The van der Waals surface area contributed by atoms with E-state index in [2.05, 4.69) is 95.6 Å². The quantitative estimate of drug-likeness (QED) is 0.287. The maximum absolute atomic E-state index is 6.34. The summed E-state index contributed by atoms with van der Waals surface area (Å²) in [7, 11) is 0. The molecule has 2 nitrogen and oxygen atoms in total. The van der Waals surface area contributed by atoms with Gasteiger partial charge in [0.15, 0.2) is 0 Å². The van der Waals surface area contributed by atoms with Crippen molar-refractivity contribution in [3.63, 3.8) is 0 Å². The van der Waals surface area contributed by atoms with Gasteiger partial charge < -0.3 is 0 Å². The summed E-state index contributed by atoms with van der Waals surface area (Å²) in [6, 6.07) is 7.07. The van der Waals surface area contributed by atoms with Crippen LogP contribution in [0.3, 0.4) is 0 Å². The molecule has 0 aliphatic rings. The zero-order valence-electron chi connectivity index (χ0n) is 11.0. The zero-order valence-corrected chi connectivity index (χ0v) is 23.7. The first kappa shape index (κ1) is 22.5. The number of halogens is 9. The van der Waals surface area contributed by atoms with Crippen molar-refractivity contribution in [2.24, 2.45) is 0 Å². The average Bonchev–Trinajstić information content (AvgIpc) is 2.38. The molecule has 0 aliphatic carbocycles. The van der Waals surface area contributed by atoms with E-state index in [4.69, 9.17) is 42.8 Å². The molecule has 0 bridgehead atoms. The Bertz CT molecular complexity index is 702. The monoisotopic (exact) mass is 789 g/mol. The Balaban J connectivity index is 2.42. The summed E-state index contributed by atoms with van der Waals surface area (Å²) in [4.78, 5) is 0. The number of hydrogen-bond acceptors (Lipinski definition) is 2. The van der Waals surface area contributed by atoms with Crippen LogP contribution in [0.2, 0.25) is 0 Å². The van der Waals surface area contributed by atoms with Gasteiger partial charge in [0.25, 0.3) is 0 Å². The van der Waals surface area contributed by atoms with Crippen LogP contribution in [0.4, 0.5) is 0 Å². The molecule has 2 rings (SSSR count). The third-order valence-corrected chi connectivity index (χ3v) is 7.83. The molecular weight excluding hydrogens is 793 g/mol. The van der Waals surface area contributed by atoms with Crippen molar-refractivity contribution in [3.8, 4) is 11.5 Å². The van der Waals surface area contributed by atoms with E-state index in [9.17, 15) is 0 Å². The van der Waals surface area contributed by atoms with Crippen molar-refractivity contribution in [2.75, 3.05) is 0 Å². The molecule has 0 heterocycles. The van der Waals surface area contributed by atoms with Crippen molar-refractivity contribution in [1.82, 2.24) is 0 Å². The molecule has 0 aromatic heterocycles. The van der Waals surface area contributed by atoms with Crippen LogP contribution in [-0.4, -0.2) is 0 Å². The summed E-state index contributed by atoms with van der Waals surface area (Å²) >= 11 is 39.3. The summed E-state index contributed by atoms with van der Waals surface area (Å²) in [5, 5.41) is -4.56. The third-order valence-electron chi connectivity index (χ3n) is 2.39. The minimum atomic E-state index is -4.56. The molecule has 0 radical (unpaired) electrons. The van der Waals surface area contributed by atoms with E-state index in [1.807, 2.05) is 0 Å². The average molecular weight is 797 g/mol. The SMILES string of the molecule is ClP(Cl)(Cl)(Oc1c(Br)cc(Br)cc1Br)Oc1c(Br)cc(Br)cc1Br.